The fourth-order valence-electron chi connectivity index (χ4n) is 2.42. The smallest absolute Gasteiger partial charge is 0.243 e. The Morgan fingerprint density at radius 2 is 1.82 bits per heavy atom. The summed E-state index contributed by atoms with van der Waals surface area (Å²) in [6.45, 7) is 5.19. The molecule has 1 aromatic rings. The maximum Gasteiger partial charge on any atom is 0.243 e. The minimum Gasteiger partial charge on any atom is -0.497 e. The highest BCUT2D eigenvalue weighted by Gasteiger charge is 2.30. The molecule has 7 heteroatoms. The average Bonchev–Trinajstić information content (AvgIpc) is 2.54. The Labute approximate surface area is 131 Å². The van der Waals surface area contributed by atoms with Crippen LogP contribution < -0.4 is 4.74 Å². The topological polar surface area (TPSA) is 66.9 Å². The van der Waals surface area contributed by atoms with Crippen molar-refractivity contribution >= 4 is 15.9 Å². The number of sulfonamides is 1. The molecule has 1 fully saturated rings. The molecular weight excluding hydrogens is 304 g/mol. The second-order valence-electron chi connectivity index (χ2n) is 5.56. The van der Waals surface area contributed by atoms with Gasteiger partial charge in [-0.15, -0.1) is 0 Å². The molecular formula is C15H22N2O4S. The monoisotopic (exact) mass is 326 g/mol. The molecule has 2 rings (SSSR count). The lowest BCUT2D eigenvalue weighted by molar-refractivity contribution is -0.135. The first kappa shape index (κ1) is 16.8. The van der Waals surface area contributed by atoms with Gasteiger partial charge >= 0.3 is 0 Å². The first-order chi connectivity index (χ1) is 10.4. The molecule has 0 aliphatic carbocycles. The molecule has 0 atom stereocenters. The lowest BCUT2D eigenvalue weighted by atomic mass is 10.2. The van der Waals surface area contributed by atoms with Crippen molar-refractivity contribution < 1.29 is 17.9 Å². The standard InChI is InChI=1S/C15H22N2O4S/c1-12(2)15(18)16-7-9-17(10-8-16)22(19,20)14-6-4-5-13(11-14)21-3/h4-6,11-12H,7-10H2,1-3H3. The van der Waals surface area contributed by atoms with Crippen molar-refractivity contribution in [2.75, 3.05) is 33.3 Å². The van der Waals surface area contributed by atoms with Crippen LogP contribution in [-0.4, -0.2) is 56.8 Å². The minimum absolute atomic E-state index is 0.0680. The number of piperazine rings is 1. The Morgan fingerprint density at radius 3 is 2.36 bits per heavy atom. The lowest BCUT2D eigenvalue weighted by Crippen LogP contribution is -2.51. The predicted molar refractivity (Wildman–Crippen MR) is 83.2 cm³/mol. The number of benzene rings is 1. The maximum absolute atomic E-state index is 12.6. The molecule has 0 unspecified atom stereocenters. The first-order valence-electron chi connectivity index (χ1n) is 7.29. The number of carbonyl (C=O) groups excluding carboxylic acids is 1. The quantitative estimate of drug-likeness (QED) is 0.833. The van der Waals surface area contributed by atoms with Crippen LogP contribution in [0, 0.1) is 5.92 Å². The zero-order chi connectivity index (χ0) is 16.3. The van der Waals surface area contributed by atoms with E-state index in [0.717, 1.165) is 0 Å². The summed E-state index contributed by atoms with van der Waals surface area (Å²) in [5, 5.41) is 0. The van der Waals surface area contributed by atoms with Gasteiger partial charge in [-0.05, 0) is 12.1 Å². The third kappa shape index (κ3) is 3.41. The van der Waals surface area contributed by atoms with Crippen LogP contribution in [0.4, 0.5) is 0 Å². The molecule has 1 aliphatic rings. The van der Waals surface area contributed by atoms with Gasteiger partial charge in [0.1, 0.15) is 5.75 Å². The Morgan fingerprint density at radius 1 is 1.18 bits per heavy atom. The van der Waals surface area contributed by atoms with E-state index in [2.05, 4.69) is 0 Å². The van der Waals surface area contributed by atoms with Crippen molar-refractivity contribution in [2.24, 2.45) is 5.92 Å². The number of hydrogen-bond acceptors (Lipinski definition) is 4. The fraction of sp³-hybridized carbons (Fsp3) is 0.533. The van der Waals surface area contributed by atoms with E-state index in [4.69, 9.17) is 4.74 Å². The Bertz CT molecular complexity index is 635. The van der Waals surface area contributed by atoms with E-state index >= 15 is 0 Å². The van der Waals surface area contributed by atoms with E-state index in [-0.39, 0.29) is 16.7 Å². The number of methoxy groups -OCH3 is 1. The molecule has 0 bridgehead atoms. The van der Waals surface area contributed by atoms with Crippen LogP contribution in [0.2, 0.25) is 0 Å². The Kier molecular flexibility index (Phi) is 5.08. The van der Waals surface area contributed by atoms with Gasteiger partial charge in [0.2, 0.25) is 15.9 Å². The normalized spacial score (nSPS) is 16.8. The largest absolute Gasteiger partial charge is 0.497 e. The highest BCUT2D eigenvalue weighted by molar-refractivity contribution is 7.89. The summed E-state index contributed by atoms with van der Waals surface area (Å²) < 4.78 is 31.8. The van der Waals surface area contributed by atoms with E-state index in [1.54, 1.807) is 23.1 Å². The lowest BCUT2D eigenvalue weighted by Gasteiger charge is -2.34. The third-order valence-corrected chi connectivity index (χ3v) is 5.62. The van der Waals surface area contributed by atoms with Crippen LogP contribution in [0.3, 0.4) is 0 Å². The van der Waals surface area contributed by atoms with Gasteiger partial charge < -0.3 is 9.64 Å². The van der Waals surface area contributed by atoms with Crippen molar-refractivity contribution in [3.8, 4) is 5.75 Å². The summed E-state index contributed by atoms with van der Waals surface area (Å²) in [7, 11) is -2.05. The fourth-order valence-corrected chi connectivity index (χ4v) is 3.88. The first-order valence-corrected chi connectivity index (χ1v) is 8.73. The zero-order valence-electron chi connectivity index (χ0n) is 13.2. The molecule has 0 N–H and O–H groups in total. The van der Waals surface area contributed by atoms with Gasteiger partial charge in [-0.1, -0.05) is 19.9 Å². The van der Waals surface area contributed by atoms with Crippen LogP contribution in [0.1, 0.15) is 13.8 Å². The molecule has 0 saturated carbocycles. The van der Waals surface area contributed by atoms with Crippen LogP contribution in [0.5, 0.6) is 5.75 Å². The molecule has 1 aromatic carbocycles. The molecule has 22 heavy (non-hydrogen) atoms. The third-order valence-electron chi connectivity index (χ3n) is 3.72. The van der Waals surface area contributed by atoms with E-state index < -0.39 is 10.0 Å². The summed E-state index contributed by atoms with van der Waals surface area (Å²) in [6, 6.07) is 6.44. The maximum atomic E-state index is 12.6. The predicted octanol–water partition coefficient (Wildman–Crippen LogP) is 1.18. The minimum atomic E-state index is -3.55. The number of nitrogens with zero attached hydrogens (tertiary/aromatic N) is 2. The highest BCUT2D eigenvalue weighted by Crippen LogP contribution is 2.22. The summed E-state index contributed by atoms with van der Waals surface area (Å²) in [4.78, 5) is 13.9. The Hall–Kier alpha value is -1.60. The van der Waals surface area contributed by atoms with Gasteiger partial charge in [0.05, 0.1) is 12.0 Å². The molecule has 0 aromatic heterocycles. The van der Waals surface area contributed by atoms with E-state index in [1.165, 1.54) is 17.5 Å². The van der Waals surface area contributed by atoms with E-state index in [9.17, 15) is 13.2 Å². The second-order valence-corrected chi connectivity index (χ2v) is 7.50. The van der Waals surface area contributed by atoms with E-state index in [0.29, 0.717) is 31.9 Å². The van der Waals surface area contributed by atoms with Gasteiger partial charge in [0.25, 0.3) is 0 Å². The molecule has 122 valence electrons. The molecule has 1 saturated heterocycles. The van der Waals surface area contributed by atoms with Crippen molar-refractivity contribution in [2.45, 2.75) is 18.7 Å². The van der Waals surface area contributed by atoms with Crippen molar-refractivity contribution in [1.82, 2.24) is 9.21 Å². The van der Waals surface area contributed by atoms with Crippen LogP contribution in [0.25, 0.3) is 0 Å². The van der Waals surface area contributed by atoms with Crippen molar-refractivity contribution in [3.05, 3.63) is 24.3 Å². The SMILES string of the molecule is COc1cccc(S(=O)(=O)N2CCN(C(=O)C(C)C)CC2)c1. The summed E-state index contributed by atoms with van der Waals surface area (Å²) in [6.07, 6.45) is 0. The molecule has 6 nitrogen and oxygen atoms in total. The Balaban J connectivity index is 2.11. The molecule has 0 spiro atoms. The summed E-state index contributed by atoms with van der Waals surface area (Å²) in [5.74, 6) is 0.509. The number of rotatable bonds is 4. The molecule has 1 amide bonds. The van der Waals surface area contributed by atoms with Gasteiger partial charge in [-0.25, -0.2) is 8.42 Å². The number of carbonyl (C=O) groups is 1. The molecule has 1 aliphatic heterocycles. The van der Waals surface area contributed by atoms with Gasteiger partial charge in [-0.3, -0.25) is 4.79 Å². The van der Waals surface area contributed by atoms with Gasteiger partial charge in [-0.2, -0.15) is 4.31 Å². The number of amides is 1. The average molecular weight is 326 g/mol. The summed E-state index contributed by atoms with van der Waals surface area (Å²) in [5.41, 5.74) is 0. The van der Waals surface area contributed by atoms with Crippen LogP contribution in [-0.2, 0) is 14.8 Å². The van der Waals surface area contributed by atoms with Crippen molar-refractivity contribution in [3.63, 3.8) is 0 Å². The molecule has 0 radical (unpaired) electrons. The number of ether oxygens (including phenoxy) is 1. The van der Waals surface area contributed by atoms with Crippen molar-refractivity contribution in [1.29, 1.82) is 0 Å². The second kappa shape index (κ2) is 6.66. The van der Waals surface area contributed by atoms with Gasteiger partial charge in [0.15, 0.2) is 0 Å². The van der Waals surface area contributed by atoms with Crippen LogP contribution in [0.15, 0.2) is 29.2 Å². The zero-order valence-corrected chi connectivity index (χ0v) is 14.0. The number of hydrogen-bond donors (Lipinski definition) is 0. The highest BCUT2D eigenvalue weighted by atomic mass is 32.2. The summed E-state index contributed by atoms with van der Waals surface area (Å²) >= 11 is 0. The molecule has 1 heterocycles. The van der Waals surface area contributed by atoms with Crippen LogP contribution >= 0.6 is 0 Å². The van der Waals surface area contributed by atoms with E-state index in [1.807, 2.05) is 13.8 Å². The van der Waals surface area contributed by atoms with Gasteiger partial charge in [0, 0.05) is 38.2 Å².